The molecule has 23 heavy (non-hydrogen) atoms. The van der Waals surface area contributed by atoms with Crippen molar-refractivity contribution in [3.05, 3.63) is 47.8 Å². The molecule has 2 aromatic rings. The summed E-state index contributed by atoms with van der Waals surface area (Å²) >= 11 is 0. The first-order chi connectivity index (χ1) is 11.1. The molecular formula is C17H21N5O. The molecule has 0 radical (unpaired) electrons. The Kier molecular flexibility index (Phi) is 4.50. The highest BCUT2D eigenvalue weighted by atomic mass is 16.2. The molecule has 0 saturated carbocycles. The number of pyridine rings is 1. The van der Waals surface area contributed by atoms with E-state index in [2.05, 4.69) is 33.6 Å². The standard InChI is InChI=1S/C17H21N5O/c1-13(2)17-20-19-15-7-9-21(10-11-22(15)17)16(23)6-5-14-4-3-8-18-12-14/h3-6,8,12-13H,7,9-11H2,1-2H3/b6-5+. The summed E-state index contributed by atoms with van der Waals surface area (Å²) in [6.07, 6.45) is 7.62. The molecule has 0 saturated heterocycles. The van der Waals surface area contributed by atoms with E-state index < -0.39 is 0 Å². The zero-order chi connectivity index (χ0) is 16.2. The molecule has 2 aromatic heterocycles. The summed E-state index contributed by atoms with van der Waals surface area (Å²) in [5.41, 5.74) is 0.926. The van der Waals surface area contributed by atoms with Gasteiger partial charge in [0.2, 0.25) is 5.91 Å². The molecule has 6 heteroatoms. The minimum Gasteiger partial charge on any atom is -0.337 e. The molecule has 120 valence electrons. The van der Waals surface area contributed by atoms with Crippen LogP contribution in [-0.2, 0) is 17.8 Å². The summed E-state index contributed by atoms with van der Waals surface area (Å²) in [6.45, 7) is 6.33. The van der Waals surface area contributed by atoms with Gasteiger partial charge in [-0.3, -0.25) is 9.78 Å². The Labute approximate surface area is 135 Å². The highest BCUT2D eigenvalue weighted by molar-refractivity contribution is 5.91. The van der Waals surface area contributed by atoms with Crippen molar-refractivity contribution in [2.45, 2.75) is 32.7 Å². The van der Waals surface area contributed by atoms with Gasteiger partial charge in [0.1, 0.15) is 11.6 Å². The molecule has 0 N–H and O–H groups in total. The van der Waals surface area contributed by atoms with Crippen LogP contribution in [0, 0.1) is 0 Å². The first kappa shape index (κ1) is 15.4. The van der Waals surface area contributed by atoms with E-state index >= 15 is 0 Å². The van der Waals surface area contributed by atoms with Crippen LogP contribution in [0.3, 0.4) is 0 Å². The van der Waals surface area contributed by atoms with Crippen LogP contribution in [0.15, 0.2) is 30.6 Å². The Morgan fingerprint density at radius 2 is 2.13 bits per heavy atom. The lowest BCUT2D eigenvalue weighted by Crippen LogP contribution is -2.32. The maximum Gasteiger partial charge on any atom is 0.246 e. The van der Waals surface area contributed by atoms with Gasteiger partial charge in [0.05, 0.1) is 0 Å². The van der Waals surface area contributed by atoms with E-state index in [1.807, 2.05) is 17.0 Å². The van der Waals surface area contributed by atoms with E-state index in [1.165, 1.54) is 0 Å². The maximum absolute atomic E-state index is 12.4. The van der Waals surface area contributed by atoms with Crippen molar-refractivity contribution in [3.63, 3.8) is 0 Å². The van der Waals surface area contributed by atoms with Crippen molar-refractivity contribution < 1.29 is 4.79 Å². The zero-order valence-corrected chi connectivity index (χ0v) is 13.5. The lowest BCUT2D eigenvalue weighted by molar-refractivity contribution is -0.125. The smallest absolute Gasteiger partial charge is 0.246 e. The minimum atomic E-state index is 0.0265. The van der Waals surface area contributed by atoms with Crippen molar-refractivity contribution in [3.8, 4) is 0 Å². The third-order valence-electron chi connectivity index (χ3n) is 3.99. The van der Waals surface area contributed by atoms with Crippen molar-refractivity contribution >= 4 is 12.0 Å². The molecular weight excluding hydrogens is 290 g/mol. The van der Waals surface area contributed by atoms with Crippen LogP contribution < -0.4 is 0 Å². The van der Waals surface area contributed by atoms with Crippen LogP contribution >= 0.6 is 0 Å². The van der Waals surface area contributed by atoms with Crippen molar-refractivity contribution in [2.75, 3.05) is 13.1 Å². The van der Waals surface area contributed by atoms with E-state index in [0.29, 0.717) is 19.0 Å². The van der Waals surface area contributed by atoms with Crippen LogP contribution in [-0.4, -0.2) is 43.6 Å². The zero-order valence-electron chi connectivity index (χ0n) is 13.5. The number of aromatic nitrogens is 4. The van der Waals surface area contributed by atoms with Crippen molar-refractivity contribution in [1.82, 2.24) is 24.6 Å². The fourth-order valence-electron chi connectivity index (χ4n) is 2.74. The molecule has 0 fully saturated rings. The van der Waals surface area contributed by atoms with E-state index in [-0.39, 0.29) is 5.91 Å². The predicted octanol–water partition coefficient (Wildman–Crippen LogP) is 1.89. The Morgan fingerprint density at radius 1 is 1.26 bits per heavy atom. The summed E-state index contributed by atoms with van der Waals surface area (Å²) in [5.74, 6) is 2.34. The Balaban J connectivity index is 1.67. The fraction of sp³-hybridized carbons (Fsp3) is 0.412. The summed E-state index contributed by atoms with van der Waals surface area (Å²) < 4.78 is 2.16. The van der Waals surface area contributed by atoms with E-state index in [0.717, 1.165) is 30.2 Å². The molecule has 0 aliphatic carbocycles. The van der Waals surface area contributed by atoms with Crippen molar-refractivity contribution in [2.24, 2.45) is 0 Å². The van der Waals surface area contributed by atoms with Gasteiger partial charge >= 0.3 is 0 Å². The highest BCUT2D eigenvalue weighted by Gasteiger charge is 2.21. The van der Waals surface area contributed by atoms with E-state index in [4.69, 9.17) is 0 Å². The van der Waals surface area contributed by atoms with Gasteiger partial charge in [-0.15, -0.1) is 10.2 Å². The third kappa shape index (κ3) is 3.47. The molecule has 0 aromatic carbocycles. The number of hydrogen-bond donors (Lipinski definition) is 0. The summed E-state index contributed by atoms with van der Waals surface area (Å²) in [5, 5.41) is 8.55. The van der Waals surface area contributed by atoms with Gasteiger partial charge in [0.25, 0.3) is 0 Å². The van der Waals surface area contributed by atoms with E-state index in [1.54, 1.807) is 24.5 Å². The first-order valence-corrected chi connectivity index (χ1v) is 7.94. The second-order valence-electron chi connectivity index (χ2n) is 5.98. The van der Waals surface area contributed by atoms with E-state index in [9.17, 15) is 4.79 Å². The average molecular weight is 311 g/mol. The molecule has 3 heterocycles. The Morgan fingerprint density at radius 3 is 2.87 bits per heavy atom. The molecule has 1 aliphatic heterocycles. The SMILES string of the molecule is CC(C)c1nnc2n1CCN(C(=O)/C=C/c1cccnc1)CC2. The number of rotatable bonds is 3. The molecule has 0 spiro atoms. The van der Waals surface area contributed by atoms with Gasteiger partial charge in [-0.25, -0.2) is 0 Å². The lowest BCUT2D eigenvalue weighted by atomic mass is 10.2. The molecule has 0 bridgehead atoms. The molecule has 0 unspecified atom stereocenters. The molecule has 1 aliphatic rings. The summed E-state index contributed by atoms with van der Waals surface area (Å²) in [4.78, 5) is 18.3. The minimum absolute atomic E-state index is 0.0265. The van der Waals surface area contributed by atoms with Gasteiger partial charge in [-0.1, -0.05) is 19.9 Å². The molecule has 3 rings (SSSR count). The van der Waals surface area contributed by atoms with Crippen molar-refractivity contribution in [1.29, 1.82) is 0 Å². The van der Waals surface area contributed by atoms with Gasteiger partial charge in [-0.05, 0) is 17.7 Å². The molecule has 6 nitrogen and oxygen atoms in total. The number of carbonyl (C=O) groups is 1. The highest BCUT2D eigenvalue weighted by Crippen LogP contribution is 2.16. The van der Waals surface area contributed by atoms with Crippen LogP contribution in [0.1, 0.15) is 37.0 Å². The normalized spacial score (nSPS) is 15.0. The van der Waals surface area contributed by atoms with Crippen LogP contribution in [0.5, 0.6) is 0 Å². The maximum atomic E-state index is 12.4. The monoisotopic (exact) mass is 311 g/mol. The summed E-state index contributed by atoms with van der Waals surface area (Å²) in [6, 6.07) is 3.78. The van der Waals surface area contributed by atoms with Gasteiger partial charge in [0, 0.05) is 50.4 Å². The van der Waals surface area contributed by atoms with Crippen LogP contribution in [0.25, 0.3) is 6.08 Å². The first-order valence-electron chi connectivity index (χ1n) is 7.94. The Hall–Kier alpha value is -2.50. The average Bonchev–Trinajstić information content (AvgIpc) is 2.86. The lowest BCUT2D eigenvalue weighted by Gasteiger charge is -2.18. The quantitative estimate of drug-likeness (QED) is 0.812. The predicted molar refractivity (Wildman–Crippen MR) is 87.7 cm³/mol. The third-order valence-corrected chi connectivity index (χ3v) is 3.99. The van der Waals surface area contributed by atoms with Crippen LogP contribution in [0.4, 0.5) is 0 Å². The number of fused-ring (bicyclic) bond motifs is 1. The number of amides is 1. The van der Waals surface area contributed by atoms with Gasteiger partial charge in [0.15, 0.2) is 0 Å². The largest absolute Gasteiger partial charge is 0.337 e. The molecule has 0 atom stereocenters. The van der Waals surface area contributed by atoms with Crippen LogP contribution in [0.2, 0.25) is 0 Å². The van der Waals surface area contributed by atoms with Gasteiger partial charge in [-0.2, -0.15) is 0 Å². The topological polar surface area (TPSA) is 63.9 Å². The number of carbonyl (C=O) groups excluding carboxylic acids is 1. The second kappa shape index (κ2) is 6.73. The van der Waals surface area contributed by atoms with Gasteiger partial charge < -0.3 is 9.47 Å². The Bertz CT molecular complexity index is 705. The number of nitrogens with zero attached hydrogens (tertiary/aromatic N) is 5. The second-order valence-corrected chi connectivity index (χ2v) is 5.98. The summed E-state index contributed by atoms with van der Waals surface area (Å²) in [7, 11) is 0. The number of hydrogen-bond acceptors (Lipinski definition) is 4. The molecule has 1 amide bonds. The fourth-order valence-corrected chi connectivity index (χ4v) is 2.74.